The van der Waals surface area contributed by atoms with Crippen LogP contribution in [0.15, 0.2) is 42.7 Å². The Morgan fingerprint density at radius 1 is 1.34 bits per heavy atom. The summed E-state index contributed by atoms with van der Waals surface area (Å²) in [7, 11) is 1.34. The van der Waals surface area contributed by atoms with Crippen LogP contribution >= 0.6 is 0 Å². The Morgan fingerprint density at radius 2 is 2.21 bits per heavy atom. The number of carbonyl (C=O) groups excluding carboxylic acids is 1. The van der Waals surface area contributed by atoms with E-state index in [1.807, 2.05) is 26.0 Å². The number of nitrogens with zero attached hydrogens (tertiary/aromatic N) is 3. The molecular formula is C22H28N4O3. The van der Waals surface area contributed by atoms with E-state index in [9.17, 15) is 4.79 Å². The molecule has 1 aliphatic rings. The Labute approximate surface area is 171 Å². The first-order valence-corrected chi connectivity index (χ1v) is 9.84. The molecule has 1 aromatic carbocycles. The number of esters is 1. The van der Waals surface area contributed by atoms with E-state index in [0.29, 0.717) is 11.7 Å². The number of likely N-dealkylation sites (tertiary alicyclic amines) is 1. The van der Waals surface area contributed by atoms with Crippen LogP contribution in [0.25, 0.3) is 6.08 Å². The second-order valence-electron chi connectivity index (χ2n) is 7.36. The van der Waals surface area contributed by atoms with E-state index in [1.54, 1.807) is 18.5 Å². The van der Waals surface area contributed by atoms with Crippen LogP contribution in [-0.2, 0) is 16.1 Å². The van der Waals surface area contributed by atoms with E-state index in [0.717, 1.165) is 37.6 Å². The number of hydrogen-bond acceptors (Lipinski definition) is 7. The predicted octanol–water partition coefficient (Wildman–Crippen LogP) is 3.14. The van der Waals surface area contributed by atoms with Crippen molar-refractivity contribution in [2.24, 2.45) is 0 Å². The number of rotatable bonds is 8. The molecule has 1 N–H and O–H groups in total. The average Bonchev–Trinajstić information content (AvgIpc) is 3.13. The van der Waals surface area contributed by atoms with Gasteiger partial charge >= 0.3 is 5.97 Å². The third kappa shape index (κ3) is 6.57. The van der Waals surface area contributed by atoms with Gasteiger partial charge in [-0.25, -0.2) is 9.78 Å². The molecular weight excluding hydrogens is 368 g/mol. The fraction of sp³-hybridized carbons (Fsp3) is 0.409. The van der Waals surface area contributed by atoms with Crippen molar-refractivity contribution in [2.75, 3.05) is 25.5 Å². The molecule has 3 rings (SSSR count). The Hall–Kier alpha value is -2.93. The standard InChI is InChI=1S/C22H28N4O3/c1-16(2)29-20-6-4-5-17(11-20)14-26-10-9-19(15-26)25-21-13-23-18(12-24-21)7-8-22(27)28-3/h4-8,11-13,16,19H,9-10,14-15H2,1-3H3,(H,24,25)/t19-/m1/s1. The first kappa shape index (κ1) is 20.8. The van der Waals surface area contributed by atoms with Crippen molar-refractivity contribution in [1.29, 1.82) is 0 Å². The maximum Gasteiger partial charge on any atom is 0.330 e. The van der Waals surface area contributed by atoms with Crippen molar-refractivity contribution in [3.63, 3.8) is 0 Å². The third-order valence-electron chi connectivity index (χ3n) is 4.56. The van der Waals surface area contributed by atoms with Gasteiger partial charge < -0.3 is 14.8 Å². The lowest BCUT2D eigenvalue weighted by Crippen LogP contribution is -2.26. The maximum absolute atomic E-state index is 11.1. The summed E-state index contributed by atoms with van der Waals surface area (Å²) < 4.78 is 10.4. The fourth-order valence-corrected chi connectivity index (χ4v) is 3.27. The highest BCUT2D eigenvalue weighted by Crippen LogP contribution is 2.20. The molecule has 0 unspecified atom stereocenters. The largest absolute Gasteiger partial charge is 0.491 e. The van der Waals surface area contributed by atoms with Crippen LogP contribution in [0.5, 0.6) is 5.75 Å². The average molecular weight is 396 g/mol. The van der Waals surface area contributed by atoms with Gasteiger partial charge in [-0.1, -0.05) is 12.1 Å². The number of aromatic nitrogens is 2. The predicted molar refractivity (Wildman–Crippen MR) is 113 cm³/mol. The molecule has 0 spiro atoms. The summed E-state index contributed by atoms with van der Waals surface area (Å²) in [5, 5.41) is 3.44. The summed E-state index contributed by atoms with van der Waals surface area (Å²) in [6, 6.07) is 8.63. The second-order valence-corrected chi connectivity index (χ2v) is 7.36. The van der Waals surface area contributed by atoms with Crippen molar-refractivity contribution in [3.05, 3.63) is 54.0 Å². The molecule has 0 saturated carbocycles. The van der Waals surface area contributed by atoms with Crippen LogP contribution in [0.1, 0.15) is 31.5 Å². The lowest BCUT2D eigenvalue weighted by Gasteiger charge is -2.18. The monoisotopic (exact) mass is 396 g/mol. The summed E-state index contributed by atoms with van der Waals surface area (Å²) >= 11 is 0. The smallest absolute Gasteiger partial charge is 0.330 e. The topological polar surface area (TPSA) is 76.6 Å². The Balaban J connectivity index is 1.50. The summed E-state index contributed by atoms with van der Waals surface area (Å²) in [5.74, 6) is 1.24. The molecule has 0 aliphatic carbocycles. The first-order chi connectivity index (χ1) is 14.0. The number of carbonyl (C=O) groups is 1. The molecule has 0 amide bonds. The van der Waals surface area contributed by atoms with Crippen LogP contribution in [0.2, 0.25) is 0 Å². The van der Waals surface area contributed by atoms with Gasteiger partial charge in [0.15, 0.2) is 0 Å². The second kappa shape index (κ2) is 10.0. The minimum Gasteiger partial charge on any atom is -0.491 e. The van der Waals surface area contributed by atoms with Gasteiger partial charge in [0.1, 0.15) is 11.6 Å². The van der Waals surface area contributed by atoms with Gasteiger partial charge in [0.25, 0.3) is 0 Å². The molecule has 7 nitrogen and oxygen atoms in total. The molecule has 1 aromatic heterocycles. The molecule has 1 saturated heterocycles. The minimum atomic E-state index is -0.415. The summed E-state index contributed by atoms with van der Waals surface area (Å²) in [6.45, 7) is 6.94. The molecule has 2 heterocycles. The van der Waals surface area contributed by atoms with E-state index in [1.165, 1.54) is 18.7 Å². The highest BCUT2D eigenvalue weighted by Gasteiger charge is 2.22. The van der Waals surface area contributed by atoms with Gasteiger partial charge in [0, 0.05) is 31.8 Å². The van der Waals surface area contributed by atoms with Crippen molar-refractivity contribution >= 4 is 17.9 Å². The minimum absolute atomic E-state index is 0.175. The number of ether oxygens (including phenoxy) is 2. The Bertz CT molecular complexity index is 836. The van der Waals surface area contributed by atoms with Crippen molar-refractivity contribution < 1.29 is 14.3 Å². The zero-order valence-corrected chi connectivity index (χ0v) is 17.2. The highest BCUT2D eigenvalue weighted by molar-refractivity contribution is 5.86. The number of hydrogen-bond donors (Lipinski definition) is 1. The van der Waals surface area contributed by atoms with E-state index in [4.69, 9.17) is 4.74 Å². The van der Waals surface area contributed by atoms with E-state index < -0.39 is 5.97 Å². The fourth-order valence-electron chi connectivity index (χ4n) is 3.27. The van der Waals surface area contributed by atoms with E-state index in [-0.39, 0.29) is 6.10 Å². The normalized spacial score (nSPS) is 17.0. The molecule has 7 heteroatoms. The highest BCUT2D eigenvalue weighted by atomic mass is 16.5. The number of benzene rings is 1. The van der Waals surface area contributed by atoms with E-state index >= 15 is 0 Å². The van der Waals surface area contributed by atoms with Crippen molar-refractivity contribution in [2.45, 2.75) is 39.0 Å². The van der Waals surface area contributed by atoms with E-state index in [2.05, 4.69) is 37.1 Å². The molecule has 154 valence electrons. The van der Waals surface area contributed by atoms with Gasteiger partial charge in [-0.2, -0.15) is 0 Å². The van der Waals surface area contributed by atoms with Crippen LogP contribution in [0.4, 0.5) is 5.82 Å². The zero-order valence-electron chi connectivity index (χ0n) is 17.2. The Kier molecular flexibility index (Phi) is 7.19. The molecule has 0 bridgehead atoms. The molecule has 1 atom stereocenters. The molecule has 29 heavy (non-hydrogen) atoms. The quantitative estimate of drug-likeness (QED) is 0.543. The molecule has 0 radical (unpaired) electrons. The van der Waals surface area contributed by atoms with Gasteiger partial charge in [0.2, 0.25) is 0 Å². The maximum atomic E-state index is 11.1. The van der Waals surface area contributed by atoms with Crippen LogP contribution in [0.3, 0.4) is 0 Å². The van der Waals surface area contributed by atoms with Gasteiger partial charge in [-0.15, -0.1) is 0 Å². The Morgan fingerprint density at radius 3 is 2.93 bits per heavy atom. The van der Waals surface area contributed by atoms with Crippen LogP contribution < -0.4 is 10.1 Å². The van der Waals surface area contributed by atoms with Gasteiger partial charge in [0.05, 0.1) is 31.3 Å². The number of methoxy groups -OCH3 is 1. The summed E-state index contributed by atoms with van der Waals surface area (Å²) in [4.78, 5) is 22.2. The van der Waals surface area contributed by atoms with Crippen LogP contribution in [0, 0.1) is 0 Å². The SMILES string of the molecule is COC(=O)C=Cc1cnc(N[C@@H]2CCN(Cc3cccc(OC(C)C)c3)C2)cn1. The lowest BCUT2D eigenvalue weighted by molar-refractivity contribution is -0.134. The van der Waals surface area contributed by atoms with Crippen LogP contribution in [-0.4, -0.2) is 53.2 Å². The number of nitrogens with one attached hydrogen (secondary N) is 1. The molecule has 2 aromatic rings. The molecule has 1 aliphatic heterocycles. The zero-order chi connectivity index (χ0) is 20.6. The summed E-state index contributed by atoms with van der Waals surface area (Å²) in [5.41, 5.74) is 1.86. The summed E-state index contributed by atoms with van der Waals surface area (Å²) in [6.07, 6.45) is 7.45. The lowest BCUT2D eigenvalue weighted by atomic mass is 10.2. The third-order valence-corrected chi connectivity index (χ3v) is 4.56. The molecule has 1 fully saturated rings. The first-order valence-electron chi connectivity index (χ1n) is 9.84. The van der Waals surface area contributed by atoms with Crippen molar-refractivity contribution in [3.8, 4) is 5.75 Å². The van der Waals surface area contributed by atoms with Gasteiger partial charge in [-0.3, -0.25) is 9.88 Å². The van der Waals surface area contributed by atoms with Gasteiger partial charge in [-0.05, 0) is 44.0 Å². The van der Waals surface area contributed by atoms with Crippen molar-refractivity contribution in [1.82, 2.24) is 14.9 Å². The number of anilines is 1.